The summed E-state index contributed by atoms with van der Waals surface area (Å²) in [6.07, 6.45) is 5.14. The first-order chi connectivity index (χ1) is 11.1. The quantitative estimate of drug-likeness (QED) is 0.839. The Kier molecular flexibility index (Phi) is 6.65. The third-order valence-corrected chi connectivity index (χ3v) is 4.14. The van der Waals surface area contributed by atoms with Crippen molar-refractivity contribution in [1.29, 1.82) is 0 Å². The van der Waals surface area contributed by atoms with E-state index in [4.69, 9.17) is 0 Å². The van der Waals surface area contributed by atoms with Crippen molar-refractivity contribution in [3.63, 3.8) is 0 Å². The molecule has 2 rings (SSSR count). The van der Waals surface area contributed by atoms with Crippen molar-refractivity contribution in [2.45, 2.75) is 26.2 Å². The molecule has 128 valence electrons. The van der Waals surface area contributed by atoms with Crippen molar-refractivity contribution in [2.75, 3.05) is 57.0 Å². The minimum absolute atomic E-state index is 0.0419. The van der Waals surface area contributed by atoms with Crippen LogP contribution < -0.4 is 10.2 Å². The third kappa shape index (κ3) is 5.10. The fourth-order valence-electron chi connectivity index (χ4n) is 2.85. The summed E-state index contributed by atoms with van der Waals surface area (Å²) >= 11 is 0. The maximum Gasteiger partial charge on any atom is 0.321 e. The fraction of sp³-hybridized carbons (Fsp3) is 0.647. The molecular formula is C17H29N5O. The number of aromatic nitrogens is 1. The number of anilines is 2. The summed E-state index contributed by atoms with van der Waals surface area (Å²) in [7, 11) is 4.10. The molecule has 0 aliphatic carbocycles. The van der Waals surface area contributed by atoms with Crippen LogP contribution in [0.4, 0.5) is 16.3 Å². The van der Waals surface area contributed by atoms with Crippen LogP contribution in [-0.2, 0) is 0 Å². The largest absolute Gasteiger partial charge is 0.355 e. The van der Waals surface area contributed by atoms with Gasteiger partial charge in [0.15, 0.2) is 5.82 Å². The van der Waals surface area contributed by atoms with Gasteiger partial charge in [-0.1, -0.05) is 0 Å². The van der Waals surface area contributed by atoms with Gasteiger partial charge in [0.1, 0.15) is 0 Å². The van der Waals surface area contributed by atoms with Gasteiger partial charge in [-0.2, -0.15) is 0 Å². The SMILES string of the molecule is CCN(CCCN(C)C)C(=O)Nc1cccnc1N1CCCC1. The highest BCUT2D eigenvalue weighted by atomic mass is 16.2. The highest BCUT2D eigenvalue weighted by molar-refractivity contribution is 5.92. The summed E-state index contributed by atoms with van der Waals surface area (Å²) in [6, 6.07) is 3.77. The average Bonchev–Trinajstić information content (AvgIpc) is 3.06. The van der Waals surface area contributed by atoms with Crippen molar-refractivity contribution >= 4 is 17.5 Å². The first-order valence-electron chi connectivity index (χ1n) is 8.52. The smallest absolute Gasteiger partial charge is 0.321 e. The lowest BCUT2D eigenvalue weighted by molar-refractivity contribution is 0.211. The Morgan fingerprint density at radius 1 is 1.30 bits per heavy atom. The maximum atomic E-state index is 12.5. The number of nitrogens with one attached hydrogen (secondary N) is 1. The maximum absolute atomic E-state index is 12.5. The van der Waals surface area contributed by atoms with Crippen molar-refractivity contribution in [2.24, 2.45) is 0 Å². The molecule has 2 heterocycles. The zero-order valence-electron chi connectivity index (χ0n) is 14.6. The summed E-state index contributed by atoms with van der Waals surface area (Å²) in [6.45, 7) is 6.49. The molecule has 1 aromatic heterocycles. The molecule has 1 N–H and O–H groups in total. The summed E-state index contributed by atoms with van der Waals surface area (Å²) in [5, 5.41) is 3.05. The Balaban J connectivity index is 1.98. The zero-order valence-corrected chi connectivity index (χ0v) is 14.6. The van der Waals surface area contributed by atoms with Gasteiger partial charge < -0.3 is 20.0 Å². The molecule has 0 saturated carbocycles. The van der Waals surface area contributed by atoms with Crippen molar-refractivity contribution in [3.05, 3.63) is 18.3 Å². The van der Waals surface area contributed by atoms with Gasteiger partial charge in [-0.05, 0) is 59.0 Å². The zero-order chi connectivity index (χ0) is 16.7. The molecule has 6 heteroatoms. The number of hydrogen-bond acceptors (Lipinski definition) is 4. The first-order valence-corrected chi connectivity index (χ1v) is 8.52. The van der Waals surface area contributed by atoms with E-state index in [1.54, 1.807) is 6.20 Å². The first kappa shape index (κ1) is 17.5. The molecule has 0 spiro atoms. The van der Waals surface area contributed by atoms with Crippen molar-refractivity contribution < 1.29 is 4.79 Å². The molecule has 0 unspecified atom stereocenters. The third-order valence-electron chi connectivity index (χ3n) is 4.14. The van der Waals surface area contributed by atoms with Crippen LogP contribution in [0.15, 0.2) is 18.3 Å². The number of nitrogens with zero attached hydrogens (tertiary/aromatic N) is 4. The van der Waals surface area contributed by atoms with Gasteiger partial charge in [-0.25, -0.2) is 9.78 Å². The predicted molar refractivity (Wildman–Crippen MR) is 95.1 cm³/mol. The monoisotopic (exact) mass is 319 g/mol. The van der Waals surface area contributed by atoms with Gasteiger partial charge in [0.2, 0.25) is 0 Å². The summed E-state index contributed by atoms with van der Waals surface area (Å²) < 4.78 is 0. The molecule has 6 nitrogen and oxygen atoms in total. The molecule has 1 aliphatic heterocycles. The highest BCUT2D eigenvalue weighted by Crippen LogP contribution is 2.26. The van der Waals surface area contributed by atoms with Gasteiger partial charge in [-0.3, -0.25) is 0 Å². The van der Waals surface area contributed by atoms with E-state index >= 15 is 0 Å². The molecule has 0 radical (unpaired) electrons. The van der Waals surface area contributed by atoms with E-state index in [1.807, 2.05) is 38.1 Å². The molecule has 2 amide bonds. The van der Waals surface area contributed by atoms with E-state index in [2.05, 4.69) is 20.1 Å². The van der Waals surface area contributed by atoms with E-state index in [1.165, 1.54) is 12.8 Å². The van der Waals surface area contributed by atoms with Crippen LogP contribution in [0, 0.1) is 0 Å². The minimum atomic E-state index is -0.0419. The van der Waals surface area contributed by atoms with Gasteiger partial charge in [0, 0.05) is 32.4 Å². The van der Waals surface area contributed by atoms with Crippen LogP contribution in [0.25, 0.3) is 0 Å². The van der Waals surface area contributed by atoms with Gasteiger partial charge in [0.05, 0.1) is 5.69 Å². The van der Waals surface area contributed by atoms with Crippen LogP contribution in [0.2, 0.25) is 0 Å². The molecule has 23 heavy (non-hydrogen) atoms. The van der Waals surface area contributed by atoms with Crippen LogP contribution in [0.1, 0.15) is 26.2 Å². The van der Waals surface area contributed by atoms with E-state index in [-0.39, 0.29) is 6.03 Å². The highest BCUT2D eigenvalue weighted by Gasteiger charge is 2.19. The summed E-state index contributed by atoms with van der Waals surface area (Å²) in [5.74, 6) is 0.891. The Morgan fingerprint density at radius 3 is 2.70 bits per heavy atom. The number of hydrogen-bond donors (Lipinski definition) is 1. The number of carbonyl (C=O) groups excluding carboxylic acids is 1. The topological polar surface area (TPSA) is 51.7 Å². The van der Waals surface area contributed by atoms with Gasteiger partial charge >= 0.3 is 6.03 Å². The molecule has 0 aromatic carbocycles. The number of urea groups is 1. The molecule has 1 fully saturated rings. The van der Waals surface area contributed by atoms with Crippen LogP contribution in [0.5, 0.6) is 0 Å². The van der Waals surface area contributed by atoms with E-state index in [0.29, 0.717) is 6.54 Å². The number of pyridine rings is 1. The number of amides is 2. The van der Waals surface area contributed by atoms with Crippen LogP contribution in [-0.4, -0.2) is 67.6 Å². The second kappa shape index (κ2) is 8.72. The normalized spacial score (nSPS) is 14.3. The second-order valence-electron chi connectivity index (χ2n) is 6.24. The van der Waals surface area contributed by atoms with E-state index < -0.39 is 0 Å². The molecule has 1 aliphatic rings. The second-order valence-corrected chi connectivity index (χ2v) is 6.24. The molecular weight excluding hydrogens is 290 g/mol. The molecule has 0 atom stereocenters. The van der Waals surface area contributed by atoms with Gasteiger partial charge in [-0.15, -0.1) is 0 Å². The Bertz CT molecular complexity index is 500. The number of carbonyl (C=O) groups is 1. The van der Waals surface area contributed by atoms with Gasteiger partial charge in [0.25, 0.3) is 0 Å². The molecule has 1 aromatic rings. The average molecular weight is 319 g/mol. The fourth-order valence-corrected chi connectivity index (χ4v) is 2.85. The number of rotatable bonds is 7. The Hall–Kier alpha value is -1.82. The van der Waals surface area contributed by atoms with Crippen molar-refractivity contribution in [1.82, 2.24) is 14.8 Å². The lowest BCUT2D eigenvalue weighted by atomic mass is 10.3. The van der Waals surface area contributed by atoms with E-state index in [0.717, 1.165) is 44.1 Å². The Labute approximate surface area is 139 Å². The van der Waals surface area contributed by atoms with Crippen molar-refractivity contribution in [3.8, 4) is 0 Å². The summed E-state index contributed by atoms with van der Waals surface area (Å²) in [4.78, 5) is 23.2. The Morgan fingerprint density at radius 2 is 2.04 bits per heavy atom. The van der Waals surface area contributed by atoms with Crippen LogP contribution in [0.3, 0.4) is 0 Å². The predicted octanol–water partition coefficient (Wildman–Crippen LogP) is 2.49. The van der Waals surface area contributed by atoms with E-state index in [9.17, 15) is 4.79 Å². The summed E-state index contributed by atoms with van der Waals surface area (Å²) in [5.41, 5.74) is 0.811. The molecule has 1 saturated heterocycles. The minimum Gasteiger partial charge on any atom is -0.355 e. The van der Waals surface area contributed by atoms with Crippen LogP contribution >= 0.6 is 0 Å². The lowest BCUT2D eigenvalue weighted by Crippen LogP contribution is -2.37. The standard InChI is InChI=1S/C17H29N5O/c1-4-21(14-8-11-20(2)3)17(23)19-15-9-7-10-18-16(15)22-12-5-6-13-22/h7,9-10H,4-6,8,11-14H2,1-3H3,(H,19,23). The lowest BCUT2D eigenvalue weighted by Gasteiger charge is -2.24. The molecule has 0 bridgehead atoms.